The Morgan fingerprint density at radius 1 is 0.870 bits per heavy atom. The molecular formula is C17H14O6. The second-order valence-corrected chi connectivity index (χ2v) is 4.80. The first-order valence-corrected chi connectivity index (χ1v) is 6.67. The van der Waals surface area contributed by atoms with Crippen LogP contribution in [-0.2, 0) is 6.42 Å². The number of rotatable bonds is 2. The second kappa shape index (κ2) is 6.65. The van der Waals surface area contributed by atoms with Crippen LogP contribution in [0.5, 0.6) is 11.5 Å². The molecule has 0 heterocycles. The molecule has 0 aliphatic heterocycles. The first-order chi connectivity index (χ1) is 10.9. The number of hydrogen-bond donors (Lipinski definition) is 4. The van der Waals surface area contributed by atoms with Crippen molar-refractivity contribution in [3.8, 4) is 11.5 Å². The highest BCUT2D eigenvalue weighted by molar-refractivity contribution is 5.92. The standard InChI is InChI=1S/C10H8O3.C7H6O3/c11-9-5-7-3-1-2-6(7)4-8(9)10(12)13;8-6-4-2-1-3-5(6)7(9)10/h1-2,4-5,11H,3H2,(H,12,13);1-4,8H,(H,9,10). The molecule has 0 spiro atoms. The molecule has 6 nitrogen and oxygen atoms in total. The number of hydrogen-bond acceptors (Lipinski definition) is 4. The van der Waals surface area contributed by atoms with Gasteiger partial charge in [-0.25, -0.2) is 9.59 Å². The fraction of sp³-hybridized carbons (Fsp3) is 0.0588. The van der Waals surface area contributed by atoms with Crippen molar-refractivity contribution in [2.45, 2.75) is 6.42 Å². The Balaban J connectivity index is 0.000000174. The minimum Gasteiger partial charge on any atom is -0.507 e. The smallest absolute Gasteiger partial charge is 0.339 e. The number of aromatic carboxylic acids is 2. The van der Waals surface area contributed by atoms with Crippen molar-refractivity contribution in [2.75, 3.05) is 0 Å². The van der Waals surface area contributed by atoms with Crippen molar-refractivity contribution in [1.29, 1.82) is 0 Å². The maximum atomic E-state index is 10.6. The minimum atomic E-state index is -1.11. The summed E-state index contributed by atoms with van der Waals surface area (Å²) in [7, 11) is 0. The maximum Gasteiger partial charge on any atom is 0.339 e. The number of para-hydroxylation sites is 1. The van der Waals surface area contributed by atoms with Crippen LogP contribution in [0.15, 0.2) is 42.5 Å². The Labute approximate surface area is 131 Å². The third-order valence-corrected chi connectivity index (χ3v) is 3.26. The SMILES string of the molecule is O=C(O)c1cc2c(cc1O)CC=C2.O=C(O)c1ccccc1O. The van der Waals surface area contributed by atoms with Gasteiger partial charge in [0.2, 0.25) is 0 Å². The highest BCUT2D eigenvalue weighted by Gasteiger charge is 2.14. The van der Waals surface area contributed by atoms with Crippen LogP contribution in [0, 0.1) is 0 Å². The molecule has 6 heteroatoms. The number of carboxylic acid groups (broad SMARTS) is 2. The molecule has 118 valence electrons. The molecule has 0 unspecified atom stereocenters. The first kappa shape index (κ1) is 16.1. The Morgan fingerprint density at radius 3 is 2.09 bits per heavy atom. The zero-order valence-electron chi connectivity index (χ0n) is 11.9. The van der Waals surface area contributed by atoms with E-state index in [4.69, 9.17) is 15.3 Å². The van der Waals surface area contributed by atoms with Gasteiger partial charge in [0.15, 0.2) is 0 Å². The van der Waals surface area contributed by atoms with E-state index in [9.17, 15) is 14.7 Å². The normalized spacial score (nSPS) is 11.3. The molecule has 23 heavy (non-hydrogen) atoms. The van der Waals surface area contributed by atoms with E-state index in [1.165, 1.54) is 24.3 Å². The van der Waals surface area contributed by atoms with Crippen molar-refractivity contribution in [3.05, 3.63) is 64.7 Å². The van der Waals surface area contributed by atoms with E-state index >= 15 is 0 Å². The van der Waals surface area contributed by atoms with Gasteiger partial charge >= 0.3 is 11.9 Å². The van der Waals surface area contributed by atoms with Gasteiger partial charge in [-0.3, -0.25) is 0 Å². The van der Waals surface area contributed by atoms with E-state index in [2.05, 4.69) is 0 Å². The van der Waals surface area contributed by atoms with E-state index < -0.39 is 11.9 Å². The van der Waals surface area contributed by atoms with Gasteiger partial charge < -0.3 is 20.4 Å². The minimum absolute atomic E-state index is 0.0368. The summed E-state index contributed by atoms with van der Waals surface area (Å²) >= 11 is 0. The van der Waals surface area contributed by atoms with Crippen LogP contribution in [0.25, 0.3) is 6.08 Å². The molecule has 0 bridgehead atoms. The molecule has 1 aliphatic carbocycles. The Kier molecular flexibility index (Phi) is 4.66. The molecule has 2 aromatic rings. The number of allylic oxidation sites excluding steroid dienone is 1. The summed E-state index contributed by atoms with van der Waals surface area (Å²) in [6, 6.07) is 8.82. The lowest BCUT2D eigenvalue weighted by atomic mass is 10.1. The monoisotopic (exact) mass is 314 g/mol. The fourth-order valence-corrected chi connectivity index (χ4v) is 2.12. The third kappa shape index (κ3) is 3.68. The van der Waals surface area contributed by atoms with Crippen LogP contribution < -0.4 is 0 Å². The summed E-state index contributed by atoms with van der Waals surface area (Å²) < 4.78 is 0. The molecule has 4 N–H and O–H groups in total. The number of fused-ring (bicyclic) bond motifs is 1. The van der Waals surface area contributed by atoms with Crippen LogP contribution >= 0.6 is 0 Å². The van der Waals surface area contributed by atoms with Gasteiger partial charge in [0.05, 0.1) is 0 Å². The lowest BCUT2D eigenvalue weighted by molar-refractivity contribution is 0.0682. The average molecular weight is 314 g/mol. The molecule has 2 aromatic carbocycles. The Bertz CT molecular complexity index is 792. The van der Waals surface area contributed by atoms with Gasteiger partial charge in [0, 0.05) is 0 Å². The number of carboxylic acids is 2. The molecule has 0 fully saturated rings. The largest absolute Gasteiger partial charge is 0.507 e. The van der Waals surface area contributed by atoms with Gasteiger partial charge in [-0.15, -0.1) is 0 Å². The van der Waals surface area contributed by atoms with Crippen molar-refractivity contribution in [2.24, 2.45) is 0 Å². The topological polar surface area (TPSA) is 115 Å². The summed E-state index contributed by atoms with van der Waals surface area (Å²) in [6.45, 7) is 0. The predicted molar refractivity (Wildman–Crippen MR) is 82.9 cm³/mol. The van der Waals surface area contributed by atoms with Crippen molar-refractivity contribution in [3.63, 3.8) is 0 Å². The average Bonchev–Trinajstić information content (AvgIpc) is 2.94. The van der Waals surface area contributed by atoms with Crippen LogP contribution in [-0.4, -0.2) is 32.4 Å². The van der Waals surface area contributed by atoms with Crippen molar-refractivity contribution < 1.29 is 30.0 Å². The van der Waals surface area contributed by atoms with Gasteiger partial charge in [-0.2, -0.15) is 0 Å². The second-order valence-electron chi connectivity index (χ2n) is 4.80. The van der Waals surface area contributed by atoms with Gasteiger partial charge in [-0.05, 0) is 41.8 Å². The zero-order chi connectivity index (χ0) is 17.0. The van der Waals surface area contributed by atoms with Crippen LogP contribution in [0.2, 0.25) is 0 Å². The summed E-state index contributed by atoms with van der Waals surface area (Å²) in [5, 5.41) is 35.4. The van der Waals surface area contributed by atoms with Crippen LogP contribution in [0.4, 0.5) is 0 Å². The highest BCUT2D eigenvalue weighted by Crippen LogP contribution is 2.27. The zero-order valence-corrected chi connectivity index (χ0v) is 11.9. The van der Waals surface area contributed by atoms with Gasteiger partial charge in [-0.1, -0.05) is 24.3 Å². The molecule has 0 amide bonds. The first-order valence-electron chi connectivity index (χ1n) is 6.67. The van der Waals surface area contributed by atoms with Crippen LogP contribution in [0.3, 0.4) is 0 Å². The highest BCUT2D eigenvalue weighted by atomic mass is 16.4. The Morgan fingerprint density at radius 2 is 1.52 bits per heavy atom. The van der Waals surface area contributed by atoms with Gasteiger partial charge in [0.1, 0.15) is 22.6 Å². The summed E-state index contributed by atoms with van der Waals surface area (Å²) in [4.78, 5) is 20.9. The van der Waals surface area contributed by atoms with Crippen molar-refractivity contribution in [1.82, 2.24) is 0 Å². The van der Waals surface area contributed by atoms with Crippen LogP contribution in [0.1, 0.15) is 31.8 Å². The lowest BCUT2D eigenvalue weighted by Gasteiger charge is -2.03. The van der Waals surface area contributed by atoms with E-state index in [-0.39, 0.29) is 22.6 Å². The van der Waals surface area contributed by atoms with E-state index in [0.29, 0.717) is 0 Å². The molecule has 0 radical (unpaired) electrons. The van der Waals surface area contributed by atoms with E-state index in [1.807, 2.05) is 12.2 Å². The number of aromatic hydroxyl groups is 2. The number of carbonyl (C=O) groups is 2. The quantitative estimate of drug-likeness (QED) is 0.677. The fourth-order valence-electron chi connectivity index (χ4n) is 2.12. The maximum absolute atomic E-state index is 10.6. The summed E-state index contributed by atoms with van der Waals surface area (Å²) in [5.41, 5.74) is 1.76. The summed E-state index contributed by atoms with van der Waals surface area (Å²) in [6.07, 6.45) is 4.57. The molecule has 3 rings (SSSR count). The molecule has 0 saturated heterocycles. The molecule has 0 saturated carbocycles. The van der Waals surface area contributed by atoms with E-state index in [0.717, 1.165) is 17.5 Å². The molecule has 1 aliphatic rings. The number of phenols is 2. The van der Waals surface area contributed by atoms with E-state index in [1.54, 1.807) is 12.1 Å². The third-order valence-electron chi connectivity index (χ3n) is 3.26. The van der Waals surface area contributed by atoms with Crippen molar-refractivity contribution >= 4 is 18.0 Å². The molecular weight excluding hydrogens is 300 g/mol. The predicted octanol–water partition coefficient (Wildman–Crippen LogP) is 2.75. The summed E-state index contributed by atoms with van der Waals surface area (Å²) in [5.74, 6) is -2.57. The molecule has 0 atom stereocenters. The van der Waals surface area contributed by atoms with Gasteiger partial charge in [0.25, 0.3) is 0 Å². The number of benzene rings is 2. The molecule has 0 aromatic heterocycles. The lowest BCUT2D eigenvalue weighted by Crippen LogP contribution is -1.98. The Hall–Kier alpha value is -3.28.